The van der Waals surface area contributed by atoms with Gasteiger partial charge in [-0.25, -0.2) is 9.78 Å². The van der Waals surface area contributed by atoms with Gasteiger partial charge < -0.3 is 19.6 Å². The summed E-state index contributed by atoms with van der Waals surface area (Å²) in [7, 11) is 0. The Balaban J connectivity index is 1.78. The van der Waals surface area contributed by atoms with Crippen molar-refractivity contribution in [3.63, 3.8) is 0 Å². The van der Waals surface area contributed by atoms with Crippen molar-refractivity contribution in [3.8, 4) is 5.69 Å². The zero-order valence-corrected chi connectivity index (χ0v) is 15.3. The van der Waals surface area contributed by atoms with Gasteiger partial charge in [0.2, 0.25) is 0 Å². The zero-order valence-electron chi connectivity index (χ0n) is 15.3. The van der Waals surface area contributed by atoms with E-state index in [1.807, 2.05) is 34.4 Å². The lowest BCUT2D eigenvalue weighted by Crippen LogP contribution is -2.26. The van der Waals surface area contributed by atoms with Crippen LogP contribution in [0.1, 0.15) is 38.5 Å². The molecule has 1 aromatic carbocycles. The third-order valence-electron chi connectivity index (χ3n) is 4.49. The number of carboxylic acids is 1. The predicted molar refractivity (Wildman–Crippen MR) is 101 cm³/mol. The molecule has 0 radical (unpaired) electrons. The van der Waals surface area contributed by atoms with E-state index in [0.29, 0.717) is 23.5 Å². The Hall–Kier alpha value is -3.35. The lowest BCUT2D eigenvalue weighted by Gasteiger charge is -2.15. The molecule has 3 aromatic rings. The third-order valence-corrected chi connectivity index (χ3v) is 4.49. The molecule has 0 saturated carbocycles. The fraction of sp³-hybridized carbons (Fsp3) is 0.250. The summed E-state index contributed by atoms with van der Waals surface area (Å²) in [6.45, 7) is 4.89. The fourth-order valence-electron chi connectivity index (χ4n) is 3.19. The number of amides is 1. The number of aryl methyl sites for hydroxylation is 2. The molecule has 2 aromatic heterocycles. The Morgan fingerprint density at radius 1 is 1.19 bits per heavy atom. The third kappa shape index (κ3) is 3.92. The standard InChI is InChI=1S/C20H22N4O3/c1-14-12-17(20(26)27)15(2)24(14)18-7-4-3-6-16(18)19(25)22-8-5-10-23-11-9-21-13-23/h3-4,6-7,9,11-13H,5,8,10H2,1-2H3,(H,22,25)(H,26,27). The van der Waals surface area contributed by atoms with E-state index in [-0.39, 0.29) is 11.5 Å². The number of nitrogens with one attached hydrogen (secondary N) is 1. The maximum absolute atomic E-state index is 12.7. The van der Waals surface area contributed by atoms with Crippen molar-refractivity contribution in [1.29, 1.82) is 0 Å². The van der Waals surface area contributed by atoms with E-state index in [1.165, 1.54) is 0 Å². The highest BCUT2D eigenvalue weighted by atomic mass is 16.4. The number of para-hydroxylation sites is 1. The average Bonchev–Trinajstić information content (AvgIpc) is 3.26. The van der Waals surface area contributed by atoms with Gasteiger partial charge in [0.25, 0.3) is 5.91 Å². The highest BCUT2D eigenvalue weighted by molar-refractivity contribution is 5.98. The monoisotopic (exact) mass is 366 g/mol. The molecule has 0 spiro atoms. The molecule has 2 N–H and O–H groups in total. The fourth-order valence-corrected chi connectivity index (χ4v) is 3.19. The summed E-state index contributed by atoms with van der Waals surface area (Å²) < 4.78 is 3.77. The summed E-state index contributed by atoms with van der Waals surface area (Å²) in [5.74, 6) is -1.16. The molecule has 0 aliphatic heterocycles. The Bertz CT molecular complexity index is 958. The van der Waals surface area contributed by atoms with Crippen LogP contribution in [-0.2, 0) is 6.54 Å². The van der Waals surface area contributed by atoms with E-state index >= 15 is 0 Å². The van der Waals surface area contributed by atoms with Gasteiger partial charge in [-0.15, -0.1) is 0 Å². The van der Waals surface area contributed by atoms with Gasteiger partial charge >= 0.3 is 5.97 Å². The van der Waals surface area contributed by atoms with E-state index < -0.39 is 5.97 Å². The van der Waals surface area contributed by atoms with Crippen LogP contribution in [0, 0.1) is 13.8 Å². The molecule has 7 nitrogen and oxygen atoms in total. The SMILES string of the molecule is Cc1cc(C(=O)O)c(C)n1-c1ccccc1C(=O)NCCCn1ccnc1. The maximum Gasteiger partial charge on any atom is 0.337 e. The van der Waals surface area contributed by atoms with E-state index in [1.54, 1.807) is 37.6 Å². The second kappa shape index (κ2) is 7.90. The van der Waals surface area contributed by atoms with Crippen LogP contribution in [-0.4, -0.2) is 37.6 Å². The molecule has 1 amide bonds. The minimum absolute atomic E-state index is 0.180. The quantitative estimate of drug-likeness (QED) is 0.629. The minimum atomic E-state index is -0.976. The van der Waals surface area contributed by atoms with Gasteiger partial charge in [-0.2, -0.15) is 0 Å². The molecule has 2 heterocycles. The number of benzene rings is 1. The number of imidazole rings is 1. The predicted octanol–water partition coefficient (Wildman–Crippen LogP) is 2.81. The Morgan fingerprint density at radius 2 is 1.96 bits per heavy atom. The van der Waals surface area contributed by atoms with E-state index in [9.17, 15) is 14.7 Å². The van der Waals surface area contributed by atoms with Crippen LogP contribution in [0.2, 0.25) is 0 Å². The van der Waals surface area contributed by atoms with Crippen molar-refractivity contribution in [2.24, 2.45) is 0 Å². The maximum atomic E-state index is 12.7. The summed E-state index contributed by atoms with van der Waals surface area (Å²) in [4.78, 5) is 28.1. The minimum Gasteiger partial charge on any atom is -0.478 e. The Labute approximate surface area is 157 Å². The molecular formula is C20H22N4O3. The molecule has 7 heteroatoms. The van der Waals surface area contributed by atoms with Gasteiger partial charge in [-0.05, 0) is 38.5 Å². The van der Waals surface area contributed by atoms with Gasteiger partial charge in [-0.1, -0.05) is 12.1 Å². The van der Waals surface area contributed by atoms with E-state index in [0.717, 1.165) is 18.7 Å². The number of aromatic carboxylic acids is 1. The van der Waals surface area contributed by atoms with Crippen molar-refractivity contribution < 1.29 is 14.7 Å². The van der Waals surface area contributed by atoms with Crippen LogP contribution in [0.25, 0.3) is 5.69 Å². The van der Waals surface area contributed by atoms with Gasteiger partial charge in [0.15, 0.2) is 0 Å². The molecule has 0 fully saturated rings. The van der Waals surface area contributed by atoms with Crippen molar-refractivity contribution in [2.45, 2.75) is 26.8 Å². The van der Waals surface area contributed by atoms with Gasteiger partial charge in [0.1, 0.15) is 0 Å². The van der Waals surface area contributed by atoms with Crippen molar-refractivity contribution >= 4 is 11.9 Å². The number of hydrogen-bond acceptors (Lipinski definition) is 3. The Kier molecular flexibility index (Phi) is 5.40. The average molecular weight is 366 g/mol. The number of carboxylic acid groups (broad SMARTS) is 1. The molecule has 3 rings (SSSR count). The van der Waals surface area contributed by atoms with Crippen molar-refractivity contribution in [3.05, 3.63) is 71.6 Å². The largest absolute Gasteiger partial charge is 0.478 e. The van der Waals surface area contributed by atoms with Crippen LogP contribution in [0.3, 0.4) is 0 Å². The smallest absolute Gasteiger partial charge is 0.337 e. The van der Waals surface area contributed by atoms with Crippen molar-refractivity contribution in [1.82, 2.24) is 19.4 Å². The highest BCUT2D eigenvalue weighted by Crippen LogP contribution is 2.23. The van der Waals surface area contributed by atoms with Crippen LogP contribution < -0.4 is 5.32 Å². The number of rotatable bonds is 7. The zero-order chi connectivity index (χ0) is 19.4. The number of carbonyl (C=O) groups is 2. The Morgan fingerprint density at radius 3 is 2.63 bits per heavy atom. The highest BCUT2D eigenvalue weighted by Gasteiger charge is 2.19. The molecule has 27 heavy (non-hydrogen) atoms. The summed E-state index contributed by atoms with van der Waals surface area (Å²) in [6, 6.07) is 8.84. The van der Waals surface area contributed by atoms with Gasteiger partial charge in [-0.3, -0.25) is 4.79 Å². The van der Waals surface area contributed by atoms with E-state index in [4.69, 9.17) is 0 Å². The van der Waals surface area contributed by atoms with Gasteiger partial charge in [0.05, 0.1) is 23.1 Å². The molecule has 0 aliphatic rings. The summed E-state index contributed by atoms with van der Waals surface area (Å²) in [5, 5.41) is 12.3. The molecule has 0 atom stereocenters. The summed E-state index contributed by atoms with van der Waals surface area (Å²) >= 11 is 0. The molecular weight excluding hydrogens is 344 g/mol. The lowest BCUT2D eigenvalue weighted by molar-refractivity contribution is 0.0696. The number of nitrogens with zero attached hydrogens (tertiary/aromatic N) is 3. The molecule has 0 unspecified atom stereocenters. The van der Waals surface area contributed by atoms with Crippen LogP contribution in [0.15, 0.2) is 49.1 Å². The first-order valence-electron chi connectivity index (χ1n) is 8.74. The molecule has 140 valence electrons. The summed E-state index contributed by atoms with van der Waals surface area (Å²) in [5.41, 5.74) is 2.79. The lowest BCUT2D eigenvalue weighted by atomic mass is 10.1. The van der Waals surface area contributed by atoms with Crippen LogP contribution in [0.4, 0.5) is 0 Å². The van der Waals surface area contributed by atoms with Crippen LogP contribution >= 0.6 is 0 Å². The van der Waals surface area contributed by atoms with Crippen LogP contribution in [0.5, 0.6) is 0 Å². The first kappa shape index (κ1) is 18.4. The molecule has 0 aliphatic carbocycles. The summed E-state index contributed by atoms with van der Waals surface area (Å²) in [6.07, 6.45) is 6.14. The molecule has 0 saturated heterocycles. The first-order valence-corrected chi connectivity index (χ1v) is 8.74. The number of carbonyl (C=O) groups excluding carboxylic acids is 1. The number of hydrogen-bond donors (Lipinski definition) is 2. The van der Waals surface area contributed by atoms with Crippen molar-refractivity contribution in [2.75, 3.05) is 6.54 Å². The first-order chi connectivity index (χ1) is 13.0. The number of aromatic nitrogens is 3. The second-order valence-electron chi connectivity index (χ2n) is 6.35. The van der Waals surface area contributed by atoms with E-state index in [2.05, 4.69) is 10.3 Å². The topological polar surface area (TPSA) is 89.1 Å². The normalized spacial score (nSPS) is 10.7. The second-order valence-corrected chi connectivity index (χ2v) is 6.35. The van der Waals surface area contributed by atoms with Gasteiger partial charge in [0, 0.05) is 36.9 Å². The molecule has 0 bridgehead atoms.